The molecule has 0 amide bonds. The normalized spacial score (nSPS) is 15.0. The Morgan fingerprint density at radius 1 is 1.09 bits per heavy atom. The number of hydrogen-bond donors (Lipinski definition) is 2. The van der Waals surface area contributed by atoms with E-state index in [1.165, 1.54) is 0 Å². The van der Waals surface area contributed by atoms with E-state index in [-0.39, 0.29) is 0 Å². The molecule has 0 aliphatic carbocycles. The first kappa shape index (κ1) is 20.8. The maximum atomic E-state index is 5.45. The van der Waals surface area contributed by atoms with Crippen LogP contribution in [0.1, 0.15) is 13.3 Å². The van der Waals surface area contributed by atoms with E-state index in [1.807, 2.05) is 12.3 Å². The number of benzene rings is 1. The monoisotopic (exact) mass is 448 g/mol. The molecule has 3 aromatic heterocycles. The maximum Gasteiger partial charge on any atom is 0.178 e. The quantitative estimate of drug-likeness (QED) is 0.330. The van der Waals surface area contributed by atoms with Crippen molar-refractivity contribution in [2.45, 2.75) is 19.9 Å². The number of rotatable bonds is 7. The maximum absolute atomic E-state index is 5.45. The van der Waals surface area contributed by atoms with E-state index in [2.05, 4.69) is 70.8 Å². The molecule has 8 nitrogen and oxygen atoms in total. The van der Waals surface area contributed by atoms with Crippen molar-refractivity contribution in [2.75, 3.05) is 49.5 Å². The van der Waals surface area contributed by atoms with Crippen molar-refractivity contribution in [3.8, 4) is 0 Å². The SMILES string of the molecule is CCn1c(=S)[nH]c2cc3c(NCCCN4CCN(c5ccccn5)CC4)ncnc3cc21. The van der Waals surface area contributed by atoms with Gasteiger partial charge < -0.3 is 19.8 Å². The summed E-state index contributed by atoms with van der Waals surface area (Å²) in [6, 6.07) is 10.3. The summed E-state index contributed by atoms with van der Waals surface area (Å²) in [5.41, 5.74) is 3.03. The molecule has 1 aliphatic heterocycles. The zero-order valence-corrected chi connectivity index (χ0v) is 19.1. The number of hydrogen-bond acceptors (Lipinski definition) is 7. The number of aromatic nitrogens is 5. The molecule has 0 radical (unpaired) electrons. The van der Waals surface area contributed by atoms with Crippen molar-refractivity contribution in [3.05, 3.63) is 47.6 Å². The fraction of sp³-hybridized carbons (Fsp3) is 0.391. The van der Waals surface area contributed by atoms with Gasteiger partial charge in [0.05, 0.1) is 16.6 Å². The van der Waals surface area contributed by atoms with Gasteiger partial charge in [-0.2, -0.15) is 0 Å². The summed E-state index contributed by atoms with van der Waals surface area (Å²) in [7, 11) is 0. The molecular formula is C23H28N8S. The van der Waals surface area contributed by atoms with E-state index in [9.17, 15) is 0 Å². The Kier molecular flexibility index (Phi) is 6.00. The molecule has 0 saturated carbocycles. The molecule has 32 heavy (non-hydrogen) atoms. The standard InChI is InChI=1S/C23H28N8S/c1-2-31-20-15-18-17(14-19(20)28-23(31)32)22(27-16-26-18)25-8-5-9-29-10-12-30(13-11-29)21-6-3-4-7-24-21/h3-4,6-7,14-16H,2,5,8-13H2,1H3,(H,28,32)(H,25,26,27). The predicted molar refractivity (Wildman–Crippen MR) is 132 cm³/mol. The number of nitrogens with one attached hydrogen (secondary N) is 2. The van der Waals surface area contributed by atoms with Crippen molar-refractivity contribution in [2.24, 2.45) is 0 Å². The Hall–Kier alpha value is -3.04. The zero-order valence-electron chi connectivity index (χ0n) is 18.3. The number of piperazine rings is 1. The summed E-state index contributed by atoms with van der Waals surface area (Å²) < 4.78 is 2.83. The fourth-order valence-corrected chi connectivity index (χ4v) is 4.75. The highest BCUT2D eigenvalue weighted by Crippen LogP contribution is 2.25. The molecule has 2 N–H and O–H groups in total. The highest BCUT2D eigenvalue weighted by atomic mass is 32.1. The molecule has 4 heterocycles. The lowest BCUT2D eigenvalue weighted by atomic mass is 10.2. The Bertz CT molecular complexity index is 1260. The van der Waals surface area contributed by atoms with Gasteiger partial charge in [0, 0.05) is 50.9 Å². The second-order valence-electron chi connectivity index (χ2n) is 8.08. The molecular weight excluding hydrogens is 420 g/mol. The molecule has 5 rings (SSSR count). The first-order valence-corrected chi connectivity index (χ1v) is 11.6. The minimum Gasteiger partial charge on any atom is -0.369 e. The van der Waals surface area contributed by atoms with E-state index < -0.39 is 0 Å². The summed E-state index contributed by atoms with van der Waals surface area (Å²) in [4.78, 5) is 21.6. The van der Waals surface area contributed by atoms with Gasteiger partial charge in [-0.15, -0.1) is 0 Å². The van der Waals surface area contributed by atoms with Gasteiger partial charge in [-0.1, -0.05) is 6.07 Å². The van der Waals surface area contributed by atoms with Gasteiger partial charge in [-0.05, 0) is 56.4 Å². The van der Waals surface area contributed by atoms with Crippen molar-refractivity contribution in [3.63, 3.8) is 0 Å². The first-order chi connectivity index (χ1) is 15.7. The van der Waals surface area contributed by atoms with E-state index in [1.54, 1.807) is 6.33 Å². The van der Waals surface area contributed by atoms with Crippen LogP contribution in [0.3, 0.4) is 0 Å². The number of aryl methyl sites for hydroxylation is 1. The largest absolute Gasteiger partial charge is 0.369 e. The van der Waals surface area contributed by atoms with E-state index in [0.717, 1.165) is 90.6 Å². The second-order valence-corrected chi connectivity index (χ2v) is 8.47. The van der Waals surface area contributed by atoms with Crippen LogP contribution in [0.25, 0.3) is 21.9 Å². The Balaban J connectivity index is 1.18. The van der Waals surface area contributed by atoms with Crippen LogP contribution in [-0.4, -0.2) is 68.7 Å². The third-order valence-corrected chi connectivity index (χ3v) is 6.46. The minimum absolute atomic E-state index is 0.739. The minimum atomic E-state index is 0.739. The average Bonchev–Trinajstić information content (AvgIpc) is 3.15. The Labute approximate surface area is 192 Å². The van der Waals surface area contributed by atoms with E-state index in [0.29, 0.717) is 0 Å². The number of pyridine rings is 1. The molecule has 0 bridgehead atoms. The van der Waals surface area contributed by atoms with Crippen LogP contribution >= 0.6 is 12.2 Å². The molecule has 0 spiro atoms. The first-order valence-electron chi connectivity index (χ1n) is 11.2. The van der Waals surface area contributed by atoms with Crippen LogP contribution in [0.4, 0.5) is 11.6 Å². The van der Waals surface area contributed by atoms with Gasteiger partial charge in [0.25, 0.3) is 0 Å². The number of aromatic amines is 1. The number of H-pyrrole nitrogens is 1. The van der Waals surface area contributed by atoms with Crippen LogP contribution in [0.5, 0.6) is 0 Å². The van der Waals surface area contributed by atoms with Gasteiger partial charge in [0.15, 0.2) is 4.77 Å². The van der Waals surface area contributed by atoms with Crippen molar-refractivity contribution < 1.29 is 0 Å². The highest BCUT2D eigenvalue weighted by Gasteiger charge is 2.17. The third-order valence-electron chi connectivity index (χ3n) is 6.14. The summed E-state index contributed by atoms with van der Waals surface area (Å²) in [6.45, 7) is 9.05. The van der Waals surface area contributed by atoms with Crippen LogP contribution in [0.15, 0.2) is 42.9 Å². The molecule has 1 aliphatic rings. The van der Waals surface area contributed by atoms with Gasteiger partial charge in [0.2, 0.25) is 0 Å². The van der Waals surface area contributed by atoms with Crippen LogP contribution < -0.4 is 10.2 Å². The average molecular weight is 449 g/mol. The van der Waals surface area contributed by atoms with Crippen LogP contribution in [0.2, 0.25) is 0 Å². The topological polar surface area (TPSA) is 77.9 Å². The van der Waals surface area contributed by atoms with Gasteiger partial charge >= 0.3 is 0 Å². The fourth-order valence-electron chi connectivity index (χ4n) is 4.41. The Morgan fingerprint density at radius 3 is 2.75 bits per heavy atom. The third kappa shape index (κ3) is 4.18. The molecule has 1 saturated heterocycles. The van der Waals surface area contributed by atoms with E-state index in [4.69, 9.17) is 12.2 Å². The van der Waals surface area contributed by atoms with Gasteiger partial charge in [0.1, 0.15) is 18.0 Å². The Morgan fingerprint density at radius 2 is 1.97 bits per heavy atom. The summed E-state index contributed by atoms with van der Waals surface area (Å²) >= 11 is 5.45. The van der Waals surface area contributed by atoms with Crippen molar-refractivity contribution in [1.29, 1.82) is 0 Å². The highest BCUT2D eigenvalue weighted by molar-refractivity contribution is 7.71. The lowest BCUT2D eigenvalue weighted by Gasteiger charge is -2.35. The van der Waals surface area contributed by atoms with Crippen LogP contribution in [-0.2, 0) is 6.54 Å². The molecule has 0 unspecified atom stereocenters. The molecule has 1 aromatic carbocycles. The molecule has 4 aromatic rings. The number of imidazole rings is 1. The molecule has 9 heteroatoms. The van der Waals surface area contributed by atoms with Gasteiger partial charge in [-0.25, -0.2) is 15.0 Å². The summed E-state index contributed by atoms with van der Waals surface area (Å²) in [6.07, 6.45) is 4.56. The van der Waals surface area contributed by atoms with E-state index >= 15 is 0 Å². The lowest BCUT2D eigenvalue weighted by Crippen LogP contribution is -2.47. The summed E-state index contributed by atoms with van der Waals surface area (Å²) in [5, 5.41) is 4.53. The predicted octanol–water partition coefficient (Wildman–Crippen LogP) is 3.68. The second kappa shape index (κ2) is 9.22. The van der Waals surface area contributed by atoms with Crippen LogP contribution in [0, 0.1) is 4.77 Å². The molecule has 1 fully saturated rings. The molecule has 0 atom stereocenters. The lowest BCUT2D eigenvalue weighted by molar-refractivity contribution is 0.256. The smallest absolute Gasteiger partial charge is 0.178 e. The van der Waals surface area contributed by atoms with Gasteiger partial charge in [-0.3, -0.25) is 4.90 Å². The van der Waals surface area contributed by atoms with Crippen molar-refractivity contribution >= 4 is 45.8 Å². The number of fused-ring (bicyclic) bond motifs is 2. The summed E-state index contributed by atoms with van der Waals surface area (Å²) in [5.74, 6) is 1.95. The van der Waals surface area contributed by atoms with Crippen molar-refractivity contribution in [1.82, 2.24) is 29.4 Å². The molecule has 166 valence electrons. The number of anilines is 2. The number of nitrogens with zero attached hydrogens (tertiary/aromatic N) is 6. The zero-order chi connectivity index (χ0) is 21.9.